The third kappa shape index (κ3) is 0.884. The molecule has 1 aliphatic rings. The van der Waals surface area contributed by atoms with Crippen LogP contribution in [0.5, 0.6) is 0 Å². The van der Waals surface area contributed by atoms with Gasteiger partial charge in [-0.25, -0.2) is 0 Å². The predicted molar refractivity (Wildman–Crippen MR) is 27.7 cm³/mol. The highest BCUT2D eigenvalue weighted by molar-refractivity contribution is 7.99. The maximum atomic E-state index is 8.69. The molecule has 0 saturated carbocycles. The van der Waals surface area contributed by atoms with Crippen LogP contribution < -0.4 is 0 Å². The Labute approximate surface area is 41.7 Å². The number of aliphatic hydroxyl groups is 1. The minimum Gasteiger partial charge on any atom is -0.382 e. The average Bonchev–Trinajstić information content (AvgIpc) is 1.86. The summed E-state index contributed by atoms with van der Waals surface area (Å²) >= 11 is 1.65. The first-order chi connectivity index (χ1) is 2.89. The highest BCUT2D eigenvalue weighted by Crippen LogP contribution is 2.22. The molecule has 1 rings (SSSR count). The van der Waals surface area contributed by atoms with Crippen LogP contribution in [0.1, 0.15) is 12.8 Å². The summed E-state index contributed by atoms with van der Waals surface area (Å²) in [5.41, 5.74) is -0.0370. The molecule has 1 nitrogen and oxygen atoms in total. The van der Waals surface area contributed by atoms with Gasteiger partial charge in [0.25, 0.3) is 0 Å². The first kappa shape index (κ1) is 4.47. The first-order valence-corrected chi connectivity index (χ1v) is 3.24. The number of hydrogen-bond acceptors (Lipinski definition) is 2. The molecule has 0 aromatic rings. The molecular formula is C4H8OS. The van der Waals surface area contributed by atoms with E-state index in [1.54, 1.807) is 11.8 Å². The molecule has 0 spiro atoms. The highest BCUT2D eigenvalue weighted by atomic mass is 32.2. The van der Waals surface area contributed by atoms with Crippen molar-refractivity contribution in [1.29, 1.82) is 0 Å². The predicted octanol–water partition coefficient (Wildman–Crippen LogP) is 0.832. The van der Waals surface area contributed by atoms with Crippen molar-refractivity contribution >= 4 is 11.8 Å². The van der Waals surface area contributed by atoms with Gasteiger partial charge >= 0.3 is 0 Å². The molecule has 0 aromatic carbocycles. The van der Waals surface area contributed by atoms with Gasteiger partial charge < -0.3 is 5.11 Å². The Morgan fingerprint density at radius 1 is 1.67 bits per heavy atom. The third-order valence-corrected chi connectivity index (χ3v) is 2.05. The molecule has 36 valence electrons. The smallest absolute Gasteiger partial charge is 0.0993 e. The molecule has 1 unspecified atom stereocenters. The monoisotopic (exact) mass is 104 g/mol. The SMILES string of the molecule is OC1CCCS1. The lowest BCUT2D eigenvalue weighted by Gasteiger charge is -1.91. The molecule has 0 aromatic heterocycles. The fourth-order valence-electron chi connectivity index (χ4n) is 0.561. The van der Waals surface area contributed by atoms with Crippen molar-refractivity contribution in [3.05, 3.63) is 0 Å². The fourth-order valence-corrected chi connectivity index (χ4v) is 1.50. The van der Waals surface area contributed by atoms with Gasteiger partial charge in [-0.3, -0.25) is 0 Å². The molecule has 6 heavy (non-hydrogen) atoms. The van der Waals surface area contributed by atoms with Crippen LogP contribution in [0.4, 0.5) is 0 Å². The normalized spacial score (nSPS) is 34.5. The second kappa shape index (κ2) is 1.85. The minimum atomic E-state index is -0.0370. The summed E-state index contributed by atoms with van der Waals surface area (Å²) in [7, 11) is 0. The van der Waals surface area contributed by atoms with Gasteiger partial charge in [0, 0.05) is 0 Å². The van der Waals surface area contributed by atoms with Crippen LogP contribution in [-0.2, 0) is 0 Å². The lowest BCUT2D eigenvalue weighted by Crippen LogP contribution is -1.88. The Bertz CT molecular complexity index is 40.8. The van der Waals surface area contributed by atoms with E-state index in [9.17, 15) is 0 Å². The lowest BCUT2D eigenvalue weighted by molar-refractivity contribution is 0.260. The summed E-state index contributed by atoms with van der Waals surface area (Å²) in [5.74, 6) is 1.15. The molecule has 0 bridgehead atoms. The molecule has 1 N–H and O–H groups in total. The van der Waals surface area contributed by atoms with E-state index in [1.807, 2.05) is 0 Å². The van der Waals surface area contributed by atoms with E-state index >= 15 is 0 Å². The van der Waals surface area contributed by atoms with Crippen molar-refractivity contribution in [3.63, 3.8) is 0 Å². The maximum Gasteiger partial charge on any atom is 0.0993 e. The summed E-state index contributed by atoms with van der Waals surface area (Å²) in [6, 6.07) is 0. The minimum absolute atomic E-state index is 0.0370. The topological polar surface area (TPSA) is 20.2 Å². The standard InChI is InChI=1S/C4H8OS/c5-4-2-1-3-6-4/h4-5H,1-3H2. The zero-order chi connectivity index (χ0) is 4.41. The molecule has 1 aliphatic heterocycles. The van der Waals surface area contributed by atoms with Crippen molar-refractivity contribution in [3.8, 4) is 0 Å². The second-order valence-electron chi connectivity index (χ2n) is 1.47. The van der Waals surface area contributed by atoms with Gasteiger partial charge in [-0.1, -0.05) is 0 Å². The van der Waals surface area contributed by atoms with Crippen LogP contribution in [0.15, 0.2) is 0 Å². The molecule has 0 radical (unpaired) electrons. The van der Waals surface area contributed by atoms with Gasteiger partial charge in [0.05, 0.1) is 5.44 Å². The van der Waals surface area contributed by atoms with Crippen molar-refractivity contribution in [2.45, 2.75) is 18.3 Å². The lowest BCUT2D eigenvalue weighted by atomic mass is 10.4. The van der Waals surface area contributed by atoms with E-state index in [0.29, 0.717) is 0 Å². The third-order valence-electron chi connectivity index (χ3n) is 0.906. The van der Waals surface area contributed by atoms with Crippen molar-refractivity contribution in [1.82, 2.24) is 0 Å². The Morgan fingerprint density at radius 2 is 2.50 bits per heavy atom. The Morgan fingerprint density at radius 3 is 2.67 bits per heavy atom. The molecular weight excluding hydrogens is 96.1 g/mol. The summed E-state index contributed by atoms with van der Waals surface area (Å²) in [4.78, 5) is 0. The van der Waals surface area contributed by atoms with E-state index in [0.717, 1.165) is 12.2 Å². The summed E-state index contributed by atoms with van der Waals surface area (Å²) in [6.45, 7) is 0. The Balaban J connectivity index is 2.18. The van der Waals surface area contributed by atoms with E-state index in [2.05, 4.69) is 0 Å². The van der Waals surface area contributed by atoms with Gasteiger partial charge in [-0.2, -0.15) is 0 Å². The fraction of sp³-hybridized carbons (Fsp3) is 1.00. The number of thioether (sulfide) groups is 1. The van der Waals surface area contributed by atoms with E-state index in [1.165, 1.54) is 6.42 Å². The van der Waals surface area contributed by atoms with Crippen LogP contribution in [0.25, 0.3) is 0 Å². The Kier molecular flexibility index (Phi) is 1.37. The van der Waals surface area contributed by atoms with Crippen LogP contribution in [0.3, 0.4) is 0 Å². The van der Waals surface area contributed by atoms with Crippen LogP contribution in [0.2, 0.25) is 0 Å². The molecule has 2 heteroatoms. The van der Waals surface area contributed by atoms with Crippen LogP contribution in [-0.4, -0.2) is 16.3 Å². The quantitative estimate of drug-likeness (QED) is 0.491. The van der Waals surface area contributed by atoms with Crippen molar-refractivity contribution in [2.24, 2.45) is 0 Å². The summed E-state index contributed by atoms with van der Waals surface area (Å²) in [6.07, 6.45) is 2.20. The number of hydrogen-bond donors (Lipinski definition) is 1. The van der Waals surface area contributed by atoms with Crippen molar-refractivity contribution in [2.75, 3.05) is 5.75 Å². The molecule has 1 atom stereocenters. The first-order valence-electron chi connectivity index (χ1n) is 2.19. The largest absolute Gasteiger partial charge is 0.382 e. The van der Waals surface area contributed by atoms with Gasteiger partial charge in [-0.05, 0) is 18.6 Å². The van der Waals surface area contributed by atoms with Gasteiger partial charge in [-0.15, -0.1) is 11.8 Å². The van der Waals surface area contributed by atoms with E-state index < -0.39 is 0 Å². The molecule has 0 aliphatic carbocycles. The second-order valence-corrected chi connectivity index (χ2v) is 2.75. The Hall–Kier alpha value is 0.310. The zero-order valence-corrected chi connectivity index (χ0v) is 4.37. The zero-order valence-electron chi connectivity index (χ0n) is 3.55. The van der Waals surface area contributed by atoms with Gasteiger partial charge in [0.1, 0.15) is 0 Å². The average molecular weight is 104 g/mol. The molecule has 1 fully saturated rings. The van der Waals surface area contributed by atoms with Crippen molar-refractivity contribution < 1.29 is 5.11 Å². The van der Waals surface area contributed by atoms with E-state index in [4.69, 9.17) is 5.11 Å². The molecule has 0 amide bonds. The molecule has 1 heterocycles. The number of rotatable bonds is 0. The molecule has 1 saturated heterocycles. The number of aliphatic hydroxyl groups excluding tert-OH is 1. The maximum absolute atomic E-state index is 8.69. The van der Waals surface area contributed by atoms with E-state index in [-0.39, 0.29) is 5.44 Å². The van der Waals surface area contributed by atoms with Crippen LogP contribution in [0, 0.1) is 0 Å². The summed E-state index contributed by atoms with van der Waals surface area (Å²) < 4.78 is 0. The summed E-state index contributed by atoms with van der Waals surface area (Å²) in [5, 5.41) is 8.69. The van der Waals surface area contributed by atoms with Crippen LogP contribution >= 0.6 is 11.8 Å². The van der Waals surface area contributed by atoms with Gasteiger partial charge in [0.2, 0.25) is 0 Å². The van der Waals surface area contributed by atoms with Gasteiger partial charge in [0.15, 0.2) is 0 Å². The highest BCUT2D eigenvalue weighted by Gasteiger charge is 2.09.